The second kappa shape index (κ2) is 5.19. The van der Waals surface area contributed by atoms with E-state index in [-0.39, 0.29) is 17.7 Å². The van der Waals surface area contributed by atoms with Crippen LogP contribution in [0.2, 0.25) is 0 Å². The monoisotopic (exact) mass is 234 g/mol. The van der Waals surface area contributed by atoms with Gasteiger partial charge in [0.05, 0.1) is 0 Å². The van der Waals surface area contributed by atoms with Crippen LogP contribution in [-0.2, 0) is 11.3 Å². The molecule has 1 atom stereocenters. The molecule has 0 heterocycles. The SMILES string of the molecule is NC(CC(=O)NCc1ccc(O)cc1)C1CC1. The van der Waals surface area contributed by atoms with Gasteiger partial charge < -0.3 is 16.2 Å². The molecule has 0 aliphatic heterocycles. The fourth-order valence-electron chi connectivity index (χ4n) is 1.79. The third kappa shape index (κ3) is 3.75. The molecular weight excluding hydrogens is 216 g/mol. The van der Waals surface area contributed by atoms with Crippen LogP contribution in [0.5, 0.6) is 5.75 Å². The molecule has 4 heteroatoms. The van der Waals surface area contributed by atoms with Crippen LogP contribution in [0, 0.1) is 5.92 Å². The zero-order valence-electron chi connectivity index (χ0n) is 9.73. The number of phenolic OH excluding ortho intramolecular Hbond substituents is 1. The molecule has 0 saturated heterocycles. The van der Waals surface area contributed by atoms with Gasteiger partial charge in [-0.05, 0) is 36.5 Å². The van der Waals surface area contributed by atoms with Gasteiger partial charge in [0.25, 0.3) is 0 Å². The summed E-state index contributed by atoms with van der Waals surface area (Å²) in [5.41, 5.74) is 6.84. The van der Waals surface area contributed by atoms with Crippen molar-refractivity contribution in [2.45, 2.75) is 31.8 Å². The highest BCUT2D eigenvalue weighted by Gasteiger charge is 2.29. The minimum atomic E-state index is -0.00234. The first-order chi connectivity index (χ1) is 8.15. The molecule has 1 aliphatic carbocycles. The normalized spacial score (nSPS) is 16.5. The van der Waals surface area contributed by atoms with Crippen LogP contribution >= 0.6 is 0 Å². The Balaban J connectivity index is 1.73. The van der Waals surface area contributed by atoms with E-state index in [1.54, 1.807) is 24.3 Å². The molecular formula is C13H18N2O2. The Morgan fingerprint density at radius 2 is 2.06 bits per heavy atom. The van der Waals surface area contributed by atoms with E-state index < -0.39 is 0 Å². The summed E-state index contributed by atoms with van der Waals surface area (Å²) in [6.45, 7) is 0.483. The van der Waals surface area contributed by atoms with Gasteiger partial charge >= 0.3 is 0 Å². The molecule has 1 saturated carbocycles. The summed E-state index contributed by atoms with van der Waals surface area (Å²) in [4.78, 5) is 11.6. The van der Waals surface area contributed by atoms with Crippen LogP contribution in [0.25, 0.3) is 0 Å². The van der Waals surface area contributed by atoms with Crippen molar-refractivity contribution in [3.05, 3.63) is 29.8 Å². The minimum Gasteiger partial charge on any atom is -0.508 e. The number of rotatable bonds is 5. The maximum atomic E-state index is 11.6. The molecule has 0 spiro atoms. The fraction of sp³-hybridized carbons (Fsp3) is 0.462. The first kappa shape index (κ1) is 11.9. The molecule has 92 valence electrons. The molecule has 4 nitrogen and oxygen atoms in total. The Kier molecular flexibility index (Phi) is 3.64. The zero-order valence-corrected chi connectivity index (χ0v) is 9.73. The topological polar surface area (TPSA) is 75.4 Å². The average Bonchev–Trinajstić information content (AvgIpc) is 3.12. The Bertz CT molecular complexity index is 385. The Morgan fingerprint density at radius 1 is 1.41 bits per heavy atom. The van der Waals surface area contributed by atoms with Gasteiger partial charge in [-0.15, -0.1) is 0 Å². The van der Waals surface area contributed by atoms with E-state index >= 15 is 0 Å². The molecule has 17 heavy (non-hydrogen) atoms. The highest BCUT2D eigenvalue weighted by molar-refractivity contribution is 5.76. The van der Waals surface area contributed by atoms with Crippen molar-refractivity contribution in [1.82, 2.24) is 5.32 Å². The lowest BCUT2D eigenvalue weighted by Gasteiger charge is -2.10. The van der Waals surface area contributed by atoms with Gasteiger partial charge in [0.2, 0.25) is 5.91 Å². The number of nitrogens with two attached hydrogens (primary N) is 1. The standard InChI is InChI=1S/C13H18N2O2/c14-12(10-3-4-10)7-13(17)15-8-9-1-5-11(16)6-2-9/h1-2,5-6,10,12,16H,3-4,7-8,14H2,(H,15,17). The van der Waals surface area contributed by atoms with E-state index in [1.165, 1.54) is 0 Å². The Morgan fingerprint density at radius 3 is 2.65 bits per heavy atom. The van der Waals surface area contributed by atoms with E-state index in [9.17, 15) is 4.79 Å². The lowest BCUT2D eigenvalue weighted by Crippen LogP contribution is -2.32. The molecule has 1 aromatic rings. The van der Waals surface area contributed by atoms with Crippen LogP contribution < -0.4 is 11.1 Å². The van der Waals surface area contributed by atoms with Gasteiger partial charge in [-0.2, -0.15) is 0 Å². The van der Waals surface area contributed by atoms with E-state index in [1.807, 2.05) is 0 Å². The quantitative estimate of drug-likeness (QED) is 0.715. The predicted molar refractivity (Wildman–Crippen MR) is 65.3 cm³/mol. The number of benzene rings is 1. The van der Waals surface area contributed by atoms with Crippen molar-refractivity contribution >= 4 is 5.91 Å². The number of phenols is 1. The van der Waals surface area contributed by atoms with Gasteiger partial charge in [-0.3, -0.25) is 4.79 Å². The van der Waals surface area contributed by atoms with Gasteiger partial charge in [0, 0.05) is 19.0 Å². The molecule has 0 aromatic heterocycles. The number of hydrogen-bond donors (Lipinski definition) is 3. The number of carbonyl (C=O) groups excluding carboxylic acids is 1. The molecule has 0 bridgehead atoms. The van der Waals surface area contributed by atoms with Crippen molar-refractivity contribution in [2.24, 2.45) is 11.7 Å². The number of amides is 1. The van der Waals surface area contributed by atoms with Crippen molar-refractivity contribution in [3.8, 4) is 5.75 Å². The molecule has 0 radical (unpaired) electrons. The Hall–Kier alpha value is -1.55. The molecule has 1 amide bonds. The first-order valence-corrected chi connectivity index (χ1v) is 5.95. The number of nitrogens with one attached hydrogen (secondary N) is 1. The summed E-state index contributed by atoms with van der Waals surface area (Å²) in [6, 6.07) is 6.80. The summed E-state index contributed by atoms with van der Waals surface area (Å²) in [6.07, 6.45) is 2.72. The highest BCUT2D eigenvalue weighted by atomic mass is 16.3. The lowest BCUT2D eigenvalue weighted by atomic mass is 10.1. The van der Waals surface area contributed by atoms with Crippen LogP contribution in [0.15, 0.2) is 24.3 Å². The third-order valence-corrected chi connectivity index (χ3v) is 3.07. The summed E-state index contributed by atoms with van der Waals surface area (Å²) in [5, 5.41) is 11.9. The maximum Gasteiger partial charge on any atom is 0.221 e. The van der Waals surface area contributed by atoms with E-state index in [0.717, 1.165) is 18.4 Å². The number of hydrogen-bond acceptors (Lipinski definition) is 3. The molecule has 1 aliphatic rings. The number of carbonyl (C=O) groups is 1. The molecule has 2 rings (SSSR count). The second-order valence-electron chi connectivity index (χ2n) is 4.65. The largest absolute Gasteiger partial charge is 0.508 e. The van der Waals surface area contributed by atoms with Crippen LogP contribution in [-0.4, -0.2) is 17.1 Å². The van der Waals surface area contributed by atoms with Crippen LogP contribution in [0.3, 0.4) is 0 Å². The third-order valence-electron chi connectivity index (χ3n) is 3.07. The number of aromatic hydroxyl groups is 1. The predicted octanol–water partition coefficient (Wildman–Crippen LogP) is 1.14. The van der Waals surface area contributed by atoms with Gasteiger partial charge in [0.1, 0.15) is 5.75 Å². The molecule has 1 fully saturated rings. The van der Waals surface area contributed by atoms with Crippen molar-refractivity contribution in [1.29, 1.82) is 0 Å². The summed E-state index contributed by atoms with van der Waals surface area (Å²) in [5.74, 6) is 0.780. The van der Waals surface area contributed by atoms with E-state index in [4.69, 9.17) is 10.8 Å². The average molecular weight is 234 g/mol. The van der Waals surface area contributed by atoms with Gasteiger partial charge in [-0.25, -0.2) is 0 Å². The zero-order chi connectivity index (χ0) is 12.3. The van der Waals surface area contributed by atoms with Crippen LogP contribution in [0.4, 0.5) is 0 Å². The summed E-state index contributed by atoms with van der Waals surface area (Å²) >= 11 is 0. The smallest absolute Gasteiger partial charge is 0.221 e. The van der Waals surface area contributed by atoms with E-state index in [2.05, 4.69) is 5.32 Å². The Labute approximate surface area is 101 Å². The lowest BCUT2D eigenvalue weighted by molar-refractivity contribution is -0.121. The van der Waals surface area contributed by atoms with Crippen molar-refractivity contribution < 1.29 is 9.90 Å². The van der Waals surface area contributed by atoms with Crippen LogP contribution in [0.1, 0.15) is 24.8 Å². The van der Waals surface area contributed by atoms with Crippen molar-refractivity contribution in [3.63, 3.8) is 0 Å². The summed E-state index contributed by atoms with van der Waals surface area (Å²) < 4.78 is 0. The molecule has 1 aromatic carbocycles. The second-order valence-corrected chi connectivity index (χ2v) is 4.65. The van der Waals surface area contributed by atoms with Gasteiger partial charge in [-0.1, -0.05) is 12.1 Å². The first-order valence-electron chi connectivity index (χ1n) is 5.95. The minimum absolute atomic E-state index is 0.00234. The molecule has 1 unspecified atom stereocenters. The fourth-order valence-corrected chi connectivity index (χ4v) is 1.79. The molecule has 4 N–H and O–H groups in total. The van der Waals surface area contributed by atoms with E-state index in [0.29, 0.717) is 18.9 Å². The van der Waals surface area contributed by atoms with Gasteiger partial charge in [0.15, 0.2) is 0 Å². The summed E-state index contributed by atoms with van der Waals surface area (Å²) in [7, 11) is 0. The van der Waals surface area contributed by atoms with Crippen molar-refractivity contribution in [2.75, 3.05) is 0 Å². The maximum absolute atomic E-state index is 11.6. The highest BCUT2D eigenvalue weighted by Crippen LogP contribution is 2.32.